The molecule has 0 saturated carbocycles. The molecule has 2 aromatic rings. The Bertz CT molecular complexity index is 677. The summed E-state index contributed by atoms with van der Waals surface area (Å²) in [5.41, 5.74) is 4.86. The van der Waals surface area contributed by atoms with E-state index in [1.54, 1.807) is 13.2 Å². The number of aliphatic imine (C=N–C) groups is 1. The zero-order valence-corrected chi connectivity index (χ0v) is 17.3. The van der Waals surface area contributed by atoms with Gasteiger partial charge in [-0.3, -0.25) is 9.67 Å². The summed E-state index contributed by atoms with van der Waals surface area (Å²) < 4.78 is 1.85. The SMILES string of the molecule is CN=C(NCc1ccc(N(C)C)cc1C)NCc1ccnn1C.I. The zero-order valence-electron chi connectivity index (χ0n) is 15.0. The molecule has 0 spiro atoms. The average molecular weight is 442 g/mol. The molecule has 1 aromatic heterocycles. The summed E-state index contributed by atoms with van der Waals surface area (Å²) in [5.74, 6) is 0.780. The molecule has 1 aromatic carbocycles. The van der Waals surface area contributed by atoms with E-state index in [-0.39, 0.29) is 24.0 Å². The summed E-state index contributed by atoms with van der Waals surface area (Å²) in [6.07, 6.45) is 1.79. The molecule has 0 atom stereocenters. The first-order valence-corrected chi connectivity index (χ1v) is 7.69. The first-order valence-electron chi connectivity index (χ1n) is 7.69. The molecule has 0 amide bonds. The lowest BCUT2D eigenvalue weighted by Crippen LogP contribution is -2.36. The van der Waals surface area contributed by atoms with Crippen LogP contribution >= 0.6 is 24.0 Å². The number of benzene rings is 1. The smallest absolute Gasteiger partial charge is 0.191 e. The van der Waals surface area contributed by atoms with Crippen molar-refractivity contribution >= 4 is 35.6 Å². The second kappa shape index (κ2) is 9.51. The van der Waals surface area contributed by atoms with Crippen LogP contribution < -0.4 is 15.5 Å². The minimum atomic E-state index is 0. The maximum absolute atomic E-state index is 4.26. The van der Waals surface area contributed by atoms with Gasteiger partial charge in [0.1, 0.15) is 0 Å². The van der Waals surface area contributed by atoms with E-state index >= 15 is 0 Å². The Hall–Kier alpha value is -1.77. The summed E-state index contributed by atoms with van der Waals surface area (Å²) in [6, 6.07) is 8.48. The van der Waals surface area contributed by atoms with Gasteiger partial charge < -0.3 is 15.5 Å². The van der Waals surface area contributed by atoms with Gasteiger partial charge in [0.15, 0.2) is 5.96 Å². The standard InChI is InChI=1S/C17H26N6.HI/c1-13-10-15(22(3)4)7-6-14(13)11-19-17(18-2)20-12-16-8-9-21-23(16)5;/h6-10H,11-12H2,1-5H3,(H2,18,19,20);1H. The molecule has 24 heavy (non-hydrogen) atoms. The molecule has 0 aliphatic heterocycles. The molecule has 0 bridgehead atoms. The van der Waals surface area contributed by atoms with Gasteiger partial charge in [-0.15, -0.1) is 24.0 Å². The monoisotopic (exact) mass is 442 g/mol. The number of aromatic nitrogens is 2. The normalized spacial score (nSPS) is 11.0. The number of nitrogens with one attached hydrogen (secondary N) is 2. The van der Waals surface area contributed by atoms with Gasteiger partial charge in [-0.05, 0) is 36.2 Å². The number of aryl methyl sites for hydroxylation is 2. The van der Waals surface area contributed by atoms with Crippen LogP contribution in [0.3, 0.4) is 0 Å². The molecule has 1 heterocycles. The van der Waals surface area contributed by atoms with Crippen LogP contribution in [-0.2, 0) is 20.1 Å². The highest BCUT2D eigenvalue weighted by molar-refractivity contribution is 14.0. The van der Waals surface area contributed by atoms with Gasteiger partial charge in [0, 0.05) is 46.6 Å². The molecular weight excluding hydrogens is 415 g/mol. The van der Waals surface area contributed by atoms with Gasteiger partial charge in [0.25, 0.3) is 0 Å². The van der Waals surface area contributed by atoms with E-state index in [0.717, 1.165) is 18.2 Å². The third-order valence-electron chi connectivity index (χ3n) is 3.87. The molecule has 2 N–H and O–H groups in total. The third-order valence-corrected chi connectivity index (χ3v) is 3.87. The van der Waals surface area contributed by atoms with Gasteiger partial charge in [0.05, 0.1) is 12.2 Å². The van der Waals surface area contributed by atoms with Gasteiger partial charge in [-0.2, -0.15) is 5.10 Å². The molecule has 0 aliphatic rings. The van der Waals surface area contributed by atoms with E-state index in [2.05, 4.69) is 64.8 Å². The van der Waals surface area contributed by atoms with Crippen molar-refractivity contribution in [1.29, 1.82) is 0 Å². The Balaban J connectivity index is 0.00000288. The number of hydrogen-bond acceptors (Lipinski definition) is 3. The molecule has 2 rings (SSSR count). The van der Waals surface area contributed by atoms with Gasteiger partial charge in [-0.1, -0.05) is 6.07 Å². The number of guanidine groups is 1. The molecule has 132 valence electrons. The molecule has 0 saturated heterocycles. The topological polar surface area (TPSA) is 57.5 Å². The lowest BCUT2D eigenvalue weighted by atomic mass is 10.1. The molecule has 0 radical (unpaired) electrons. The minimum Gasteiger partial charge on any atom is -0.378 e. The fraction of sp³-hybridized carbons (Fsp3) is 0.412. The van der Waals surface area contributed by atoms with Crippen LogP contribution in [0.2, 0.25) is 0 Å². The lowest BCUT2D eigenvalue weighted by molar-refractivity contribution is 0.684. The summed E-state index contributed by atoms with van der Waals surface area (Å²) in [6.45, 7) is 3.56. The zero-order chi connectivity index (χ0) is 16.8. The Labute approximate surface area is 161 Å². The van der Waals surface area contributed by atoms with Crippen molar-refractivity contribution in [2.24, 2.45) is 12.0 Å². The molecule has 7 heteroatoms. The summed E-state index contributed by atoms with van der Waals surface area (Å²) in [7, 11) is 7.82. The number of halogens is 1. The first-order chi connectivity index (χ1) is 11.0. The van der Waals surface area contributed by atoms with Crippen molar-refractivity contribution in [1.82, 2.24) is 20.4 Å². The highest BCUT2D eigenvalue weighted by atomic mass is 127. The van der Waals surface area contributed by atoms with Gasteiger partial charge in [-0.25, -0.2) is 0 Å². The predicted molar refractivity (Wildman–Crippen MR) is 111 cm³/mol. The van der Waals surface area contributed by atoms with Crippen LogP contribution in [0.1, 0.15) is 16.8 Å². The predicted octanol–water partition coefficient (Wildman–Crippen LogP) is 2.28. The van der Waals surface area contributed by atoms with E-state index in [9.17, 15) is 0 Å². The molecule has 0 aliphatic carbocycles. The third kappa shape index (κ3) is 5.40. The van der Waals surface area contributed by atoms with Crippen molar-refractivity contribution in [3.05, 3.63) is 47.3 Å². The number of anilines is 1. The van der Waals surface area contributed by atoms with Gasteiger partial charge in [0.2, 0.25) is 0 Å². The van der Waals surface area contributed by atoms with Crippen molar-refractivity contribution in [2.75, 3.05) is 26.0 Å². The fourth-order valence-electron chi connectivity index (χ4n) is 2.31. The van der Waals surface area contributed by atoms with E-state index in [0.29, 0.717) is 6.54 Å². The molecule has 6 nitrogen and oxygen atoms in total. The van der Waals surface area contributed by atoms with Crippen LogP contribution in [-0.4, -0.2) is 36.9 Å². The highest BCUT2D eigenvalue weighted by Gasteiger charge is 2.04. The Morgan fingerprint density at radius 2 is 1.92 bits per heavy atom. The summed E-state index contributed by atoms with van der Waals surface area (Å²) >= 11 is 0. The van der Waals surface area contributed by atoms with Crippen molar-refractivity contribution in [3.63, 3.8) is 0 Å². The van der Waals surface area contributed by atoms with E-state index in [4.69, 9.17) is 0 Å². The Kier molecular flexibility index (Phi) is 8.03. The van der Waals surface area contributed by atoms with Crippen LogP contribution in [0.5, 0.6) is 0 Å². The molecule has 0 fully saturated rings. The highest BCUT2D eigenvalue weighted by Crippen LogP contribution is 2.17. The number of nitrogens with zero attached hydrogens (tertiary/aromatic N) is 4. The van der Waals surface area contributed by atoms with Crippen molar-refractivity contribution in [2.45, 2.75) is 20.0 Å². The fourth-order valence-corrected chi connectivity index (χ4v) is 2.31. The second-order valence-electron chi connectivity index (χ2n) is 5.73. The average Bonchev–Trinajstić information content (AvgIpc) is 2.93. The quantitative estimate of drug-likeness (QED) is 0.424. The van der Waals surface area contributed by atoms with Crippen LogP contribution in [0.15, 0.2) is 35.5 Å². The van der Waals surface area contributed by atoms with Crippen LogP contribution in [0.4, 0.5) is 5.69 Å². The van der Waals surface area contributed by atoms with E-state index in [1.807, 2.05) is 17.8 Å². The second-order valence-corrected chi connectivity index (χ2v) is 5.73. The van der Waals surface area contributed by atoms with Crippen LogP contribution in [0.25, 0.3) is 0 Å². The molecule has 0 unspecified atom stereocenters. The van der Waals surface area contributed by atoms with E-state index in [1.165, 1.54) is 16.8 Å². The maximum atomic E-state index is 4.26. The van der Waals surface area contributed by atoms with Gasteiger partial charge >= 0.3 is 0 Å². The Morgan fingerprint density at radius 3 is 2.46 bits per heavy atom. The minimum absolute atomic E-state index is 0. The van der Waals surface area contributed by atoms with Crippen molar-refractivity contribution in [3.8, 4) is 0 Å². The van der Waals surface area contributed by atoms with Crippen LogP contribution in [0, 0.1) is 6.92 Å². The largest absolute Gasteiger partial charge is 0.378 e. The van der Waals surface area contributed by atoms with Crippen molar-refractivity contribution < 1.29 is 0 Å². The molecular formula is C17H27IN6. The summed E-state index contributed by atoms with van der Waals surface area (Å²) in [4.78, 5) is 6.37. The first kappa shape index (κ1) is 20.3. The Morgan fingerprint density at radius 1 is 1.21 bits per heavy atom. The summed E-state index contributed by atoms with van der Waals surface area (Å²) in [5, 5.41) is 10.8. The van der Waals surface area contributed by atoms with E-state index < -0.39 is 0 Å². The number of hydrogen-bond donors (Lipinski definition) is 2. The number of rotatable bonds is 5. The lowest BCUT2D eigenvalue weighted by Gasteiger charge is -2.16. The maximum Gasteiger partial charge on any atom is 0.191 e.